The highest BCUT2D eigenvalue weighted by Gasteiger charge is 2.12. The Morgan fingerprint density at radius 3 is 2.88 bits per heavy atom. The van der Waals surface area contributed by atoms with Crippen molar-refractivity contribution in [1.29, 1.82) is 0 Å². The van der Waals surface area contributed by atoms with E-state index in [9.17, 15) is 0 Å². The van der Waals surface area contributed by atoms with Crippen LogP contribution in [0.1, 0.15) is 12.7 Å². The van der Waals surface area contributed by atoms with Gasteiger partial charge in [0.05, 0.1) is 5.39 Å². The Balaban J connectivity index is 1.60. The van der Waals surface area contributed by atoms with Gasteiger partial charge in [-0.1, -0.05) is 37.3 Å². The molecule has 1 N–H and O–H groups in total. The fourth-order valence-corrected chi connectivity index (χ4v) is 3.79. The molecule has 0 bridgehead atoms. The molecule has 0 radical (unpaired) electrons. The van der Waals surface area contributed by atoms with Crippen molar-refractivity contribution in [3.8, 4) is 11.1 Å². The molecule has 0 amide bonds. The van der Waals surface area contributed by atoms with E-state index in [4.69, 9.17) is 0 Å². The van der Waals surface area contributed by atoms with E-state index in [1.54, 1.807) is 24.0 Å². The van der Waals surface area contributed by atoms with Crippen LogP contribution in [0, 0.1) is 0 Å². The Kier molecular flexibility index (Phi) is 4.39. The summed E-state index contributed by atoms with van der Waals surface area (Å²) in [6.45, 7) is 3.63. The molecule has 1 aromatic carbocycles. The lowest BCUT2D eigenvalue weighted by Gasteiger charge is -2.09. The number of thiophene rings is 1. The quantitative estimate of drug-likeness (QED) is 0.575. The fraction of sp³-hybridized carbons (Fsp3) is 0.222. The number of aromatic nitrogens is 5. The topological polar surface area (TPSA) is 68.5 Å². The zero-order valence-electron chi connectivity index (χ0n) is 13.9. The molecule has 0 aliphatic carbocycles. The molecular weight excluding hydrogens is 332 g/mol. The summed E-state index contributed by atoms with van der Waals surface area (Å²) in [5.74, 6) is 1.87. The Hall–Kier alpha value is -2.80. The van der Waals surface area contributed by atoms with Crippen molar-refractivity contribution in [3.63, 3.8) is 0 Å². The van der Waals surface area contributed by atoms with Crippen molar-refractivity contribution >= 4 is 27.4 Å². The average molecular weight is 350 g/mol. The van der Waals surface area contributed by atoms with Crippen molar-refractivity contribution < 1.29 is 0 Å². The lowest BCUT2D eigenvalue weighted by atomic mass is 10.1. The zero-order valence-corrected chi connectivity index (χ0v) is 14.7. The van der Waals surface area contributed by atoms with Gasteiger partial charge in [-0.2, -0.15) is 0 Å². The molecule has 3 aromatic heterocycles. The fourth-order valence-electron chi connectivity index (χ4n) is 2.87. The normalized spacial score (nSPS) is 11.1. The first-order chi connectivity index (χ1) is 12.4. The molecule has 126 valence electrons. The summed E-state index contributed by atoms with van der Waals surface area (Å²) >= 11 is 1.64. The van der Waals surface area contributed by atoms with E-state index in [-0.39, 0.29) is 0 Å². The third kappa shape index (κ3) is 3.10. The number of benzene rings is 1. The predicted octanol–water partition coefficient (Wildman–Crippen LogP) is 3.62. The standard InChI is InChI=1S/C18H18N6S/c1-2-15-23-22-12-24(15)9-8-19-17-16-14(13-6-4-3-5-7-13)10-25-18(16)21-11-20-17/h3-7,10-12H,2,8-9H2,1H3,(H,19,20,21). The highest BCUT2D eigenvalue weighted by molar-refractivity contribution is 7.17. The Labute approximate surface area is 149 Å². The first-order valence-electron chi connectivity index (χ1n) is 8.25. The molecule has 25 heavy (non-hydrogen) atoms. The number of hydrogen-bond donors (Lipinski definition) is 1. The molecule has 0 unspecified atom stereocenters. The van der Waals surface area contributed by atoms with Crippen LogP contribution in [0.3, 0.4) is 0 Å². The van der Waals surface area contributed by atoms with Crippen LogP contribution in [0.4, 0.5) is 5.82 Å². The Morgan fingerprint density at radius 1 is 1.16 bits per heavy atom. The summed E-state index contributed by atoms with van der Waals surface area (Å²) in [5, 5.41) is 14.8. The maximum atomic E-state index is 4.47. The van der Waals surface area contributed by atoms with Crippen LogP contribution in [0.25, 0.3) is 21.3 Å². The molecule has 3 heterocycles. The van der Waals surface area contributed by atoms with Crippen LogP contribution in [0.15, 0.2) is 48.4 Å². The second-order valence-corrected chi connectivity index (χ2v) is 6.50. The van der Waals surface area contributed by atoms with E-state index in [2.05, 4.69) is 54.5 Å². The van der Waals surface area contributed by atoms with E-state index in [0.717, 1.165) is 41.4 Å². The van der Waals surface area contributed by atoms with Gasteiger partial charge in [-0.3, -0.25) is 0 Å². The van der Waals surface area contributed by atoms with E-state index in [1.807, 2.05) is 18.2 Å². The molecule has 0 spiro atoms. The van der Waals surface area contributed by atoms with E-state index >= 15 is 0 Å². The van der Waals surface area contributed by atoms with Crippen LogP contribution >= 0.6 is 11.3 Å². The second kappa shape index (κ2) is 6.98. The van der Waals surface area contributed by atoms with Gasteiger partial charge >= 0.3 is 0 Å². The van der Waals surface area contributed by atoms with Crippen LogP contribution in [-0.2, 0) is 13.0 Å². The van der Waals surface area contributed by atoms with Gasteiger partial charge in [-0.05, 0) is 5.56 Å². The van der Waals surface area contributed by atoms with Gasteiger partial charge in [-0.15, -0.1) is 21.5 Å². The zero-order chi connectivity index (χ0) is 17.1. The number of nitrogens with one attached hydrogen (secondary N) is 1. The minimum absolute atomic E-state index is 0.751. The Morgan fingerprint density at radius 2 is 2.04 bits per heavy atom. The van der Waals surface area contributed by atoms with Gasteiger partial charge in [-0.25, -0.2) is 9.97 Å². The number of aryl methyl sites for hydroxylation is 1. The van der Waals surface area contributed by atoms with Crippen molar-refractivity contribution in [2.45, 2.75) is 19.9 Å². The summed E-state index contributed by atoms with van der Waals surface area (Å²) < 4.78 is 2.07. The molecule has 7 heteroatoms. The molecule has 4 rings (SSSR count). The van der Waals surface area contributed by atoms with Gasteiger partial charge in [0.2, 0.25) is 0 Å². The maximum Gasteiger partial charge on any atom is 0.138 e. The summed E-state index contributed by atoms with van der Waals surface area (Å²) in [5.41, 5.74) is 2.35. The second-order valence-electron chi connectivity index (χ2n) is 5.64. The highest BCUT2D eigenvalue weighted by atomic mass is 32.1. The average Bonchev–Trinajstić information content (AvgIpc) is 3.29. The van der Waals surface area contributed by atoms with Crippen LogP contribution in [-0.4, -0.2) is 31.3 Å². The van der Waals surface area contributed by atoms with E-state index < -0.39 is 0 Å². The van der Waals surface area contributed by atoms with Crippen molar-refractivity contribution in [2.24, 2.45) is 0 Å². The molecule has 4 aromatic rings. The van der Waals surface area contributed by atoms with Crippen molar-refractivity contribution in [2.75, 3.05) is 11.9 Å². The molecule has 0 fully saturated rings. The lowest BCUT2D eigenvalue weighted by Crippen LogP contribution is -2.13. The van der Waals surface area contributed by atoms with E-state index in [0.29, 0.717) is 0 Å². The Bertz CT molecular complexity index is 976. The molecule has 0 saturated carbocycles. The molecule has 0 atom stereocenters. The van der Waals surface area contributed by atoms with Gasteiger partial charge < -0.3 is 9.88 Å². The van der Waals surface area contributed by atoms with Gasteiger partial charge in [0, 0.05) is 30.5 Å². The summed E-state index contributed by atoms with van der Waals surface area (Å²) in [7, 11) is 0. The van der Waals surface area contributed by atoms with Crippen LogP contribution in [0.5, 0.6) is 0 Å². The smallest absolute Gasteiger partial charge is 0.138 e. The third-order valence-corrected chi connectivity index (χ3v) is 5.00. The summed E-state index contributed by atoms with van der Waals surface area (Å²) in [6, 6.07) is 10.4. The molecular formula is C18H18N6S. The molecule has 0 aliphatic heterocycles. The number of rotatable bonds is 6. The number of anilines is 1. The van der Waals surface area contributed by atoms with Gasteiger partial charge in [0.1, 0.15) is 29.1 Å². The molecule has 6 nitrogen and oxygen atoms in total. The number of nitrogens with zero attached hydrogens (tertiary/aromatic N) is 5. The highest BCUT2D eigenvalue weighted by Crippen LogP contribution is 2.36. The van der Waals surface area contributed by atoms with E-state index in [1.165, 1.54) is 11.1 Å². The third-order valence-electron chi connectivity index (χ3n) is 4.11. The van der Waals surface area contributed by atoms with Crippen LogP contribution in [0.2, 0.25) is 0 Å². The largest absolute Gasteiger partial charge is 0.368 e. The lowest BCUT2D eigenvalue weighted by molar-refractivity contribution is 0.680. The first kappa shape index (κ1) is 15.7. The van der Waals surface area contributed by atoms with Gasteiger partial charge in [0.15, 0.2) is 0 Å². The minimum atomic E-state index is 0.751. The monoisotopic (exact) mass is 350 g/mol. The number of hydrogen-bond acceptors (Lipinski definition) is 6. The number of fused-ring (bicyclic) bond motifs is 1. The van der Waals surface area contributed by atoms with Crippen molar-refractivity contribution in [1.82, 2.24) is 24.7 Å². The van der Waals surface area contributed by atoms with Gasteiger partial charge in [0.25, 0.3) is 0 Å². The predicted molar refractivity (Wildman–Crippen MR) is 101 cm³/mol. The maximum absolute atomic E-state index is 4.47. The van der Waals surface area contributed by atoms with Crippen LogP contribution < -0.4 is 5.32 Å². The molecule has 0 aliphatic rings. The summed E-state index contributed by atoms with van der Waals surface area (Å²) in [4.78, 5) is 9.88. The first-order valence-corrected chi connectivity index (χ1v) is 9.13. The van der Waals surface area contributed by atoms with Crippen molar-refractivity contribution in [3.05, 3.63) is 54.2 Å². The SMILES string of the molecule is CCc1nncn1CCNc1ncnc2scc(-c3ccccc3)c12. The molecule has 0 saturated heterocycles. The summed E-state index contributed by atoms with van der Waals surface area (Å²) in [6.07, 6.45) is 4.27. The minimum Gasteiger partial charge on any atom is -0.368 e.